The van der Waals surface area contributed by atoms with Crippen LogP contribution in [0.2, 0.25) is 0 Å². The molecule has 1 aliphatic heterocycles. The molecule has 118 valence electrons. The zero-order chi connectivity index (χ0) is 15.2. The van der Waals surface area contributed by atoms with Crippen LogP contribution in [0, 0.1) is 5.92 Å². The molecule has 2 rings (SSSR count). The normalized spacial score (nSPS) is 19.9. The minimum absolute atomic E-state index is 0.330. The number of nitrogens with zero attached hydrogens (tertiary/aromatic N) is 1. The quantitative estimate of drug-likeness (QED) is 0.846. The molecule has 0 saturated carbocycles. The summed E-state index contributed by atoms with van der Waals surface area (Å²) in [5.41, 5.74) is 0.980. The van der Waals surface area contributed by atoms with Crippen molar-refractivity contribution in [3.63, 3.8) is 0 Å². The Hall–Kier alpha value is -1.26. The summed E-state index contributed by atoms with van der Waals surface area (Å²) >= 11 is 0. The second-order valence-corrected chi connectivity index (χ2v) is 6.30. The molecule has 1 aromatic rings. The highest BCUT2D eigenvalue weighted by atomic mass is 16.5. The van der Waals surface area contributed by atoms with E-state index < -0.39 is 0 Å². The predicted molar refractivity (Wildman–Crippen MR) is 85.8 cm³/mol. The summed E-state index contributed by atoms with van der Waals surface area (Å²) in [6.07, 6.45) is 2.53. The van der Waals surface area contributed by atoms with Crippen LogP contribution < -0.4 is 10.1 Å². The molecule has 21 heavy (non-hydrogen) atoms. The maximum Gasteiger partial charge on any atom is 0.123 e. The van der Waals surface area contributed by atoms with Crippen LogP contribution in [-0.2, 0) is 6.54 Å². The Morgan fingerprint density at radius 2 is 2.24 bits per heavy atom. The Bertz CT molecular complexity index is 448. The molecule has 4 heteroatoms. The average molecular weight is 292 g/mol. The van der Waals surface area contributed by atoms with Crippen molar-refractivity contribution in [1.82, 2.24) is 10.2 Å². The van der Waals surface area contributed by atoms with Crippen molar-refractivity contribution < 1.29 is 9.84 Å². The van der Waals surface area contributed by atoms with Gasteiger partial charge in [0.2, 0.25) is 0 Å². The lowest BCUT2D eigenvalue weighted by Crippen LogP contribution is -2.40. The molecule has 0 spiro atoms. The molecular formula is C17H28N2O2. The second kappa shape index (κ2) is 7.66. The lowest BCUT2D eigenvalue weighted by Gasteiger charge is -2.33. The third kappa shape index (κ3) is 4.90. The van der Waals surface area contributed by atoms with E-state index in [-0.39, 0.29) is 0 Å². The standard InChI is InChI=1S/C17H28N2O2/c1-13(2)18-10-14-5-4-8-19(11-14)12-15-6-7-16(21-3)9-17(15)20/h6-7,9,13-14,18,20H,4-5,8,10-12H2,1-3H3. The first kappa shape index (κ1) is 16.1. The molecule has 1 heterocycles. The van der Waals surface area contributed by atoms with Gasteiger partial charge >= 0.3 is 0 Å². The van der Waals surface area contributed by atoms with Gasteiger partial charge in [0.1, 0.15) is 11.5 Å². The first-order chi connectivity index (χ1) is 10.1. The number of likely N-dealkylation sites (tertiary alicyclic amines) is 1. The van der Waals surface area contributed by atoms with E-state index in [1.54, 1.807) is 13.2 Å². The monoisotopic (exact) mass is 292 g/mol. The highest BCUT2D eigenvalue weighted by Gasteiger charge is 2.20. The molecule has 4 nitrogen and oxygen atoms in total. The van der Waals surface area contributed by atoms with Gasteiger partial charge in [-0.1, -0.05) is 19.9 Å². The summed E-state index contributed by atoms with van der Waals surface area (Å²) in [6.45, 7) is 8.50. The minimum Gasteiger partial charge on any atom is -0.507 e. The Balaban J connectivity index is 1.90. The lowest BCUT2D eigenvalue weighted by molar-refractivity contribution is 0.162. The molecule has 1 saturated heterocycles. The van der Waals surface area contributed by atoms with E-state index in [4.69, 9.17) is 4.74 Å². The number of ether oxygens (including phenoxy) is 1. The molecule has 1 aliphatic rings. The first-order valence-corrected chi connectivity index (χ1v) is 7.90. The molecule has 0 radical (unpaired) electrons. The summed E-state index contributed by atoms with van der Waals surface area (Å²) in [7, 11) is 1.62. The van der Waals surface area contributed by atoms with Gasteiger partial charge in [0.15, 0.2) is 0 Å². The van der Waals surface area contributed by atoms with Gasteiger partial charge in [0.25, 0.3) is 0 Å². The van der Waals surface area contributed by atoms with Crippen LogP contribution in [0.3, 0.4) is 0 Å². The lowest BCUT2D eigenvalue weighted by atomic mass is 9.97. The number of aromatic hydroxyl groups is 1. The Morgan fingerprint density at radius 3 is 2.90 bits per heavy atom. The third-order valence-electron chi connectivity index (χ3n) is 4.10. The fourth-order valence-corrected chi connectivity index (χ4v) is 2.91. The average Bonchev–Trinajstić information content (AvgIpc) is 2.47. The van der Waals surface area contributed by atoms with Crippen LogP contribution in [0.1, 0.15) is 32.3 Å². The zero-order valence-electron chi connectivity index (χ0n) is 13.4. The van der Waals surface area contributed by atoms with E-state index in [0.717, 1.165) is 31.7 Å². The number of hydrogen-bond donors (Lipinski definition) is 2. The minimum atomic E-state index is 0.330. The largest absolute Gasteiger partial charge is 0.507 e. The predicted octanol–water partition coefficient (Wildman–Crippen LogP) is 2.61. The number of piperidine rings is 1. The topological polar surface area (TPSA) is 44.7 Å². The van der Waals surface area contributed by atoms with E-state index in [2.05, 4.69) is 24.1 Å². The van der Waals surface area contributed by atoms with Crippen molar-refractivity contribution in [2.45, 2.75) is 39.3 Å². The number of benzene rings is 1. The van der Waals surface area contributed by atoms with Gasteiger partial charge in [0, 0.05) is 30.8 Å². The summed E-state index contributed by atoms with van der Waals surface area (Å²) in [5, 5.41) is 13.6. The van der Waals surface area contributed by atoms with Crippen LogP contribution in [0.5, 0.6) is 11.5 Å². The van der Waals surface area contributed by atoms with E-state index in [1.807, 2.05) is 12.1 Å². The van der Waals surface area contributed by atoms with E-state index >= 15 is 0 Å². The van der Waals surface area contributed by atoms with E-state index in [1.165, 1.54) is 12.8 Å². The van der Waals surface area contributed by atoms with Crippen molar-refractivity contribution in [3.05, 3.63) is 23.8 Å². The number of nitrogens with one attached hydrogen (secondary N) is 1. The van der Waals surface area contributed by atoms with Crippen molar-refractivity contribution in [1.29, 1.82) is 0 Å². The summed E-state index contributed by atoms with van der Waals surface area (Å²) in [4.78, 5) is 2.44. The smallest absolute Gasteiger partial charge is 0.123 e. The number of hydrogen-bond acceptors (Lipinski definition) is 4. The molecule has 1 unspecified atom stereocenters. The molecule has 0 aliphatic carbocycles. The Morgan fingerprint density at radius 1 is 1.43 bits per heavy atom. The first-order valence-electron chi connectivity index (χ1n) is 7.90. The number of rotatable bonds is 6. The zero-order valence-corrected chi connectivity index (χ0v) is 13.4. The van der Waals surface area contributed by atoms with Crippen molar-refractivity contribution in [2.75, 3.05) is 26.7 Å². The van der Waals surface area contributed by atoms with E-state index in [0.29, 0.717) is 23.5 Å². The van der Waals surface area contributed by atoms with Gasteiger partial charge < -0.3 is 15.2 Å². The SMILES string of the molecule is COc1ccc(CN2CCCC(CNC(C)C)C2)c(O)c1. The van der Waals surface area contributed by atoms with E-state index in [9.17, 15) is 5.11 Å². The van der Waals surface area contributed by atoms with Gasteiger partial charge in [-0.05, 0) is 37.9 Å². The fourth-order valence-electron chi connectivity index (χ4n) is 2.91. The molecule has 0 aromatic heterocycles. The summed E-state index contributed by atoms with van der Waals surface area (Å²) < 4.78 is 5.13. The molecule has 0 bridgehead atoms. The summed E-state index contributed by atoms with van der Waals surface area (Å²) in [6, 6.07) is 6.11. The van der Waals surface area contributed by atoms with Crippen LogP contribution in [0.15, 0.2) is 18.2 Å². The molecular weight excluding hydrogens is 264 g/mol. The molecule has 2 N–H and O–H groups in total. The van der Waals surface area contributed by atoms with Gasteiger partial charge in [-0.25, -0.2) is 0 Å². The Kier molecular flexibility index (Phi) is 5.88. The van der Waals surface area contributed by atoms with Crippen molar-refractivity contribution >= 4 is 0 Å². The van der Waals surface area contributed by atoms with Crippen LogP contribution in [-0.4, -0.2) is 42.8 Å². The Labute approximate surface area is 128 Å². The highest BCUT2D eigenvalue weighted by Crippen LogP contribution is 2.26. The molecule has 1 aromatic carbocycles. The third-order valence-corrected chi connectivity index (χ3v) is 4.10. The van der Waals surface area contributed by atoms with Gasteiger partial charge in [-0.3, -0.25) is 4.90 Å². The van der Waals surface area contributed by atoms with Crippen molar-refractivity contribution in [2.24, 2.45) is 5.92 Å². The van der Waals surface area contributed by atoms with Crippen molar-refractivity contribution in [3.8, 4) is 11.5 Å². The van der Waals surface area contributed by atoms with Gasteiger partial charge in [-0.2, -0.15) is 0 Å². The number of phenols is 1. The van der Waals surface area contributed by atoms with Gasteiger partial charge in [-0.15, -0.1) is 0 Å². The van der Waals surface area contributed by atoms with Crippen LogP contribution >= 0.6 is 0 Å². The highest BCUT2D eigenvalue weighted by molar-refractivity contribution is 5.39. The molecule has 1 atom stereocenters. The van der Waals surface area contributed by atoms with Crippen LogP contribution in [0.25, 0.3) is 0 Å². The summed E-state index contributed by atoms with van der Waals surface area (Å²) in [5.74, 6) is 1.74. The number of phenolic OH excluding ortho intramolecular Hbond substituents is 1. The fraction of sp³-hybridized carbons (Fsp3) is 0.647. The molecule has 0 amide bonds. The number of methoxy groups -OCH3 is 1. The maximum atomic E-state index is 10.1. The van der Waals surface area contributed by atoms with Crippen LogP contribution in [0.4, 0.5) is 0 Å². The van der Waals surface area contributed by atoms with Gasteiger partial charge in [0.05, 0.1) is 7.11 Å². The second-order valence-electron chi connectivity index (χ2n) is 6.30. The maximum absolute atomic E-state index is 10.1. The molecule has 1 fully saturated rings.